The van der Waals surface area contributed by atoms with Gasteiger partial charge in [0.2, 0.25) is 0 Å². The van der Waals surface area contributed by atoms with Crippen LogP contribution >= 0.6 is 0 Å². The number of benzene rings is 2. The molecule has 0 saturated heterocycles. The normalized spacial score (nSPS) is 13.2. The van der Waals surface area contributed by atoms with E-state index in [4.69, 9.17) is 11.0 Å². The number of nitrogens with two attached hydrogens (primary N) is 1. The number of carbonyl (C=O) groups excluding carboxylic acids is 2. The van der Waals surface area contributed by atoms with Crippen molar-refractivity contribution in [2.45, 2.75) is 6.92 Å². The van der Waals surface area contributed by atoms with Gasteiger partial charge in [-0.3, -0.25) is 9.59 Å². The molecular weight excluding hydrogens is 266 g/mol. The molecule has 0 unspecified atom stereocenters. The van der Waals surface area contributed by atoms with E-state index in [9.17, 15) is 9.59 Å². The summed E-state index contributed by atoms with van der Waals surface area (Å²) >= 11 is 0. The highest BCUT2D eigenvalue weighted by Gasteiger charge is 2.37. The van der Waals surface area contributed by atoms with Crippen LogP contribution in [0.25, 0.3) is 0 Å². The van der Waals surface area contributed by atoms with Crippen molar-refractivity contribution >= 4 is 23.2 Å². The number of hydrogen-bond acceptors (Lipinski definition) is 4. The maximum Gasteiger partial charge on any atom is 0.266 e. The quantitative estimate of drug-likeness (QED) is 0.639. The summed E-state index contributed by atoms with van der Waals surface area (Å²) in [7, 11) is 0. The summed E-state index contributed by atoms with van der Waals surface area (Å²) in [6.45, 7) is 1.79. The molecule has 2 aromatic rings. The maximum atomic E-state index is 12.5. The molecule has 0 aliphatic carbocycles. The Kier molecular flexibility index (Phi) is 2.73. The van der Waals surface area contributed by atoms with Gasteiger partial charge in [0.15, 0.2) is 0 Å². The smallest absolute Gasteiger partial charge is 0.266 e. The van der Waals surface area contributed by atoms with Gasteiger partial charge < -0.3 is 5.73 Å². The highest BCUT2D eigenvalue weighted by atomic mass is 16.2. The third-order valence-electron chi connectivity index (χ3n) is 3.49. The number of nitrogens with zero attached hydrogens (tertiary/aromatic N) is 2. The third kappa shape index (κ3) is 1.85. The minimum absolute atomic E-state index is 0.293. The minimum Gasteiger partial charge on any atom is -0.399 e. The number of fused-ring (bicyclic) bond motifs is 1. The van der Waals surface area contributed by atoms with Gasteiger partial charge in [-0.05, 0) is 42.8 Å². The number of imide groups is 1. The van der Waals surface area contributed by atoms with Gasteiger partial charge in [-0.2, -0.15) is 5.26 Å². The third-order valence-corrected chi connectivity index (χ3v) is 3.49. The van der Waals surface area contributed by atoms with Gasteiger partial charge in [-0.1, -0.05) is 6.07 Å². The summed E-state index contributed by atoms with van der Waals surface area (Å²) in [6, 6.07) is 11.6. The molecule has 102 valence electrons. The molecule has 2 aromatic carbocycles. The lowest BCUT2D eigenvalue weighted by Gasteiger charge is -2.16. The van der Waals surface area contributed by atoms with Gasteiger partial charge >= 0.3 is 0 Å². The maximum absolute atomic E-state index is 12.5. The van der Waals surface area contributed by atoms with Crippen LogP contribution in [0.15, 0.2) is 36.4 Å². The van der Waals surface area contributed by atoms with Crippen LogP contribution in [0.3, 0.4) is 0 Å². The predicted molar refractivity (Wildman–Crippen MR) is 77.9 cm³/mol. The SMILES string of the molecule is Cc1ccc(C#N)cc1N1C(=O)c2ccc(N)cc2C1=O. The van der Waals surface area contributed by atoms with Crippen molar-refractivity contribution in [1.82, 2.24) is 0 Å². The lowest BCUT2D eigenvalue weighted by Crippen LogP contribution is -2.30. The van der Waals surface area contributed by atoms with E-state index in [1.165, 1.54) is 6.07 Å². The van der Waals surface area contributed by atoms with Crippen molar-refractivity contribution in [3.63, 3.8) is 0 Å². The van der Waals surface area contributed by atoms with Crippen LogP contribution < -0.4 is 10.6 Å². The molecular formula is C16H11N3O2. The molecule has 0 bridgehead atoms. The van der Waals surface area contributed by atoms with Crippen LogP contribution in [0.5, 0.6) is 0 Å². The second-order valence-electron chi connectivity index (χ2n) is 4.86. The van der Waals surface area contributed by atoms with E-state index in [0.29, 0.717) is 28.1 Å². The number of rotatable bonds is 1. The van der Waals surface area contributed by atoms with E-state index in [0.717, 1.165) is 10.5 Å². The molecule has 0 spiro atoms. The minimum atomic E-state index is -0.416. The van der Waals surface area contributed by atoms with Crippen molar-refractivity contribution in [3.05, 3.63) is 58.7 Å². The molecule has 2 amide bonds. The van der Waals surface area contributed by atoms with Gasteiger partial charge in [-0.15, -0.1) is 0 Å². The fraction of sp³-hybridized carbons (Fsp3) is 0.0625. The fourth-order valence-corrected chi connectivity index (χ4v) is 2.40. The first-order valence-corrected chi connectivity index (χ1v) is 6.32. The van der Waals surface area contributed by atoms with E-state index in [1.807, 2.05) is 6.07 Å². The topological polar surface area (TPSA) is 87.2 Å². The number of hydrogen-bond donors (Lipinski definition) is 1. The Balaban J connectivity index is 2.17. The molecule has 1 aliphatic rings. The highest BCUT2D eigenvalue weighted by Crippen LogP contribution is 2.32. The van der Waals surface area contributed by atoms with Crippen molar-refractivity contribution in [1.29, 1.82) is 5.26 Å². The molecule has 0 aromatic heterocycles. The van der Waals surface area contributed by atoms with Gasteiger partial charge in [0, 0.05) is 5.69 Å². The first-order chi connectivity index (χ1) is 10.0. The first kappa shape index (κ1) is 12.9. The monoisotopic (exact) mass is 277 g/mol. The second kappa shape index (κ2) is 4.46. The van der Waals surface area contributed by atoms with Crippen LogP contribution in [0.4, 0.5) is 11.4 Å². The Morgan fingerprint density at radius 2 is 1.76 bits per heavy atom. The van der Waals surface area contributed by atoms with Crippen LogP contribution in [0.2, 0.25) is 0 Å². The van der Waals surface area contributed by atoms with Crippen LogP contribution in [-0.4, -0.2) is 11.8 Å². The standard InChI is InChI=1S/C16H11N3O2/c1-9-2-3-10(8-17)6-14(9)19-15(20)12-5-4-11(18)7-13(12)16(19)21/h2-7H,18H2,1H3. The Hall–Kier alpha value is -3.13. The number of nitriles is 1. The number of nitrogen functional groups attached to an aromatic ring is 1. The zero-order chi connectivity index (χ0) is 15.1. The molecule has 0 saturated carbocycles. The number of aryl methyl sites for hydroxylation is 1. The molecule has 0 atom stereocenters. The molecule has 3 rings (SSSR count). The summed E-state index contributed by atoms with van der Waals surface area (Å²) in [5.74, 6) is -0.811. The lowest BCUT2D eigenvalue weighted by atomic mass is 10.1. The van der Waals surface area contributed by atoms with Gasteiger partial charge in [0.05, 0.1) is 28.4 Å². The highest BCUT2D eigenvalue weighted by molar-refractivity contribution is 6.34. The Bertz CT molecular complexity index is 834. The van der Waals surface area contributed by atoms with E-state index < -0.39 is 11.8 Å². The molecule has 5 nitrogen and oxygen atoms in total. The van der Waals surface area contributed by atoms with Gasteiger partial charge in [0.25, 0.3) is 11.8 Å². The van der Waals surface area contributed by atoms with E-state index in [2.05, 4.69) is 0 Å². The van der Waals surface area contributed by atoms with Gasteiger partial charge in [0.1, 0.15) is 0 Å². The number of amides is 2. The van der Waals surface area contributed by atoms with Crippen molar-refractivity contribution < 1.29 is 9.59 Å². The number of carbonyl (C=O) groups is 2. The Morgan fingerprint density at radius 3 is 2.48 bits per heavy atom. The van der Waals surface area contributed by atoms with Crippen LogP contribution in [0, 0.1) is 18.3 Å². The van der Waals surface area contributed by atoms with Crippen molar-refractivity contribution in [3.8, 4) is 6.07 Å². The molecule has 21 heavy (non-hydrogen) atoms. The molecule has 1 aliphatic heterocycles. The van der Waals surface area contributed by atoms with E-state index in [1.54, 1.807) is 37.3 Å². The van der Waals surface area contributed by atoms with E-state index in [-0.39, 0.29) is 0 Å². The second-order valence-corrected chi connectivity index (χ2v) is 4.86. The fourth-order valence-electron chi connectivity index (χ4n) is 2.40. The van der Waals surface area contributed by atoms with Crippen molar-refractivity contribution in [2.75, 3.05) is 10.6 Å². The largest absolute Gasteiger partial charge is 0.399 e. The molecule has 5 heteroatoms. The van der Waals surface area contributed by atoms with Crippen molar-refractivity contribution in [2.24, 2.45) is 0 Å². The summed E-state index contributed by atoms with van der Waals surface area (Å²) < 4.78 is 0. The van der Waals surface area contributed by atoms with Gasteiger partial charge in [-0.25, -0.2) is 4.90 Å². The average Bonchev–Trinajstić information content (AvgIpc) is 2.71. The molecule has 1 heterocycles. The lowest BCUT2D eigenvalue weighted by molar-refractivity contribution is 0.0926. The summed E-state index contributed by atoms with van der Waals surface area (Å²) in [4.78, 5) is 26.0. The van der Waals surface area contributed by atoms with E-state index >= 15 is 0 Å². The summed E-state index contributed by atoms with van der Waals surface area (Å²) in [5.41, 5.74) is 8.30. The zero-order valence-corrected chi connectivity index (χ0v) is 11.3. The Labute approximate surface area is 121 Å². The zero-order valence-electron chi connectivity index (χ0n) is 11.3. The molecule has 0 fully saturated rings. The summed E-state index contributed by atoms with van der Waals surface area (Å²) in [6.07, 6.45) is 0. The summed E-state index contributed by atoms with van der Waals surface area (Å²) in [5, 5.41) is 8.98. The molecule has 0 radical (unpaired) electrons. The van der Waals surface area contributed by atoms with Crippen LogP contribution in [0.1, 0.15) is 31.8 Å². The first-order valence-electron chi connectivity index (χ1n) is 6.32. The number of anilines is 2. The average molecular weight is 277 g/mol. The predicted octanol–water partition coefficient (Wildman–Crippen LogP) is 2.25. The Morgan fingerprint density at radius 1 is 1.05 bits per heavy atom. The molecule has 2 N–H and O–H groups in total. The van der Waals surface area contributed by atoms with Crippen LogP contribution in [-0.2, 0) is 0 Å².